The number of fused-ring (bicyclic) bond motifs is 1. The number of hydrogen-bond donors (Lipinski definition) is 3. The van der Waals surface area contributed by atoms with E-state index in [2.05, 4.69) is 89.1 Å². The molecule has 1 saturated heterocycles. The highest BCUT2D eigenvalue weighted by molar-refractivity contribution is 14.0. The molecular weight excluding hydrogens is 497 g/mol. The van der Waals surface area contributed by atoms with E-state index in [0.29, 0.717) is 6.04 Å². The van der Waals surface area contributed by atoms with Gasteiger partial charge in [-0.15, -0.1) is 24.0 Å². The zero-order valence-corrected chi connectivity index (χ0v) is 20.9. The lowest BCUT2D eigenvalue weighted by Gasteiger charge is -2.34. The van der Waals surface area contributed by atoms with E-state index < -0.39 is 0 Å². The average molecular weight is 531 g/mol. The summed E-state index contributed by atoms with van der Waals surface area (Å²) in [6, 6.07) is 17.7. The number of guanidine groups is 1. The monoisotopic (exact) mass is 531 g/mol. The van der Waals surface area contributed by atoms with E-state index >= 15 is 0 Å². The van der Waals surface area contributed by atoms with Crippen LogP contribution in [0.4, 0.5) is 5.69 Å². The molecule has 0 bridgehead atoms. The molecule has 1 aromatic heterocycles. The first-order valence-electron chi connectivity index (χ1n) is 11.1. The normalized spacial score (nSPS) is 15.0. The number of halogens is 1. The number of H-pyrrole nitrogens is 1. The molecule has 1 fully saturated rings. The first kappa shape index (κ1) is 23.4. The van der Waals surface area contributed by atoms with Gasteiger partial charge in [-0.25, -0.2) is 0 Å². The van der Waals surface area contributed by atoms with E-state index in [1.54, 1.807) is 0 Å². The van der Waals surface area contributed by atoms with Crippen molar-refractivity contribution in [1.82, 2.24) is 15.6 Å². The largest absolute Gasteiger partial charge is 0.371 e. The zero-order chi connectivity index (χ0) is 20.8. The van der Waals surface area contributed by atoms with Gasteiger partial charge in [0.1, 0.15) is 0 Å². The third-order valence-corrected chi connectivity index (χ3v) is 5.96. The number of aromatic amines is 1. The van der Waals surface area contributed by atoms with Crippen molar-refractivity contribution >= 4 is 46.5 Å². The van der Waals surface area contributed by atoms with Crippen molar-refractivity contribution in [2.24, 2.45) is 4.99 Å². The summed E-state index contributed by atoms with van der Waals surface area (Å²) >= 11 is 0. The molecule has 5 nitrogen and oxygen atoms in total. The highest BCUT2D eigenvalue weighted by Crippen LogP contribution is 2.22. The summed E-state index contributed by atoms with van der Waals surface area (Å²) in [7, 11) is 0. The van der Waals surface area contributed by atoms with Crippen molar-refractivity contribution in [3.63, 3.8) is 0 Å². The van der Waals surface area contributed by atoms with E-state index in [0.717, 1.165) is 51.4 Å². The molecule has 2 aromatic carbocycles. The van der Waals surface area contributed by atoms with Crippen LogP contribution in [0.1, 0.15) is 30.9 Å². The molecule has 6 heteroatoms. The maximum Gasteiger partial charge on any atom is 0.191 e. The SMILES string of the molecule is CCNC(=NCCc1c[nH]c2c(C)cccc12)NC1CCN(c2ccccc2)CC1.I. The van der Waals surface area contributed by atoms with Crippen LogP contribution >= 0.6 is 24.0 Å². The van der Waals surface area contributed by atoms with Gasteiger partial charge in [0.2, 0.25) is 0 Å². The first-order chi connectivity index (χ1) is 14.7. The minimum atomic E-state index is 0. The van der Waals surface area contributed by atoms with Crippen LogP contribution in [0.25, 0.3) is 10.9 Å². The summed E-state index contributed by atoms with van der Waals surface area (Å²) in [5.74, 6) is 0.937. The third-order valence-electron chi connectivity index (χ3n) is 5.96. The fourth-order valence-corrected chi connectivity index (χ4v) is 4.29. The molecule has 31 heavy (non-hydrogen) atoms. The summed E-state index contributed by atoms with van der Waals surface area (Å²) in [4.78, 5) is 10.7. The standard InChI is InChI=1S/C25H33N5.HI/c1-3-26-25(27-15-12-20-18-28-24-19(2)8-7-11-23(20)24)29-21-13-16-30(17-14-21)22-9-5-4-6-10-22;/h4-11,18,21,28H,3,12-17H2,1-2H3,(H2,26,27,29);1H. The van der Waals surface area contributed by atoms with Crippen LogP contribution in [0, 0.1) is 6.92 Å². The van der Waals surface area contributed by atoms with Crippen LogP contribution in [0.5, 0.6) is 0 Å². The second-order valence-corrected chi connectivity index (χ2v) is 8.06. The maximum atomic E-state index is 4.86. The van der Waals surface area contributed by atoms with E-state index in [-0.39, 0.29) is 24.0 Å². The van der Waals surface area contributed by atoms with Crippen LogP contribution in [-0.4, -0.2) is 43.2 Å². The van der Waals surface area contributed by atoms with Gasteiger partial charge in [0.05, 0.1) is 0 Å². The van der Waals surface area contributed by atoms with Gasteiger partial charge in [-0.2, -0.15) is 0 Å². The predicted molar refractivity (Wildman–Crippen MR) is 143 cm³/mol. The van der Waals surface area contributed by atoms with Crippen molar-refractivity contribution in [1.29, 1.82) is 0 Å². The Kier molecular flexibility index (Phi) is 8.63. The van der Waals surface area contributed by atoms with Crippen LogP contribution in [0.3, 0.4) is 0 Å². The number of hydrogen-bond acceptors (Lipinski definition) is 2. The van der Waals surface area contributed by atoms with Gasteiger partial charge in [-0.1, -0.05) is 36.4 Å². The minimum absolute atomic E-state index is 0. The molecule has 0 amide bonds. The summed E-state index contributed by atoms with van der Waals surface area (Å²) < 4.78 is 0. The van der Waals surface area contributed by atoms with Gasteiger partial charge in [0.15, 0.2) is 5.96 Å². The minimum Gasteiger partial charge on any atom is -0.371 e. The van der Waals surface area contributed by atoms with Gasteiger partial charge in [0, 0.05) is 55.0 Å². The highest BCUT2D eigenvalue weighted by Gasteiger charge is 2.20. The van der Waals surface area contributed by atoms with Crippen LogP contribution in [-0.2, 0) is 6.42 Å². The number of para-hydroxylation sites is 2. The fraction of sp³-hybridized carbons (Fsp3) is 0.400. The van der Waals surface area contributed by atoms with Crippen molar-refractivity contribution in [2.75, 3.05) is 31.1 Å². The summed E-state index contributed by atoms with van der Waals surface area (Å²) in [6.07, 6.45) is 5.32. The lowest BCUT2D eigenvalue weighted by atomic mass is 10.0. The first-order valence-corrected chi connectivity index (χ1v) is 11.1. The zero-order valence-electron chi connectivity index (χ0n) is 18.5. The molecule has 166 valence electrons. The Morgan fingerprint density at radius 1 is 1.10 bits per heavy atom. The fourth-order valence-electron chi connectivity index (χ4n) is 4.29. The molecule has 3 N–H and O–H groups in total. The van der Waals surface area contributed by atoms with Gasteiger partial charge in [0.25, 0.3) is 0 Å². The van der Waals surface area contributed by atoms with E-state index in [1.807, 2.05) is 0 Å². The number of nitrogens with one attached hydrogen (secondary N) is 3. The summed E-state index contributed by atoms with van der Waals surface area (Å²) in [5, 5.41) is 8.39. The maximum absolute atomic E-state index is 4.86. The number of nitrogens with zero attached hydrogens (tertiary/aromatic N) is 2. The van der Waals surface area contributed by atoms with E-state index in [1.165, 1.54) is 27.7 Å². The van der Waals surface area contributed by atoms with Crippen molar-refractivity contribution in [3.8, 4) is 0 Å². The predicted octanol–water partition coefficient (Wildman–Crippen LogP) is 4.86. The number of aliphatic imine (C=N–C) groups is 1. The molecule has 0 saturated carbocycles. The lowest BCUT2D eigenvalue weighted by Crippen LogP contribution is -2.48. The van der Waals surface area contributed by atoms with Gasteiger partial charge in [-0.05, 0) is 56.4 Å². The molecule has 4 rings (SSSR count). The Bertz CT molecular complexity index is 974. The number of benzene rings is 2. The van der Waals surface area contributed by atoms with Gasteiger partial charge in [-0.3, -0.25) is 4.99 Å². The average Bonchev–Trinajstić information content (AvgIpc) is 3.19. The Hall–Kier alpha value is -2.22. The molecule has 0 atom stereocenters. The Balaban J connectivity index is 0.00000272. The van der Waals surface area contributed by atoms with Gasteiger partial charge < -0.3 is 20.5 Å². The van der Waals surface area contributed by atoms with Crippen LogP contribution in [0.2, 0.25) is 0 Å². The molecular formula is C25H34IN5. The number of aryl methyl sites for hydroxylation is 1. The lowest BCUT2D eigenvalue weighted by molar-refractivity contribution is 0.461. The van der Waals surface area contributed by atoms with Crippen molar-refractivity contribution in [2.45, 2.75) is 39.2 Å². The number of rotatable bonds is 6. The second-order valence-electron chi connectivity index (χ2n) is 8.06. The number of anilines is 1. The second kappa shape index (κ2) is 11.4. The smallest absolute Gasteiger partial charge is 0.191 e. The molecule has 0 spiro atoms. The van der Waals surface area contributed by atoms with E-state index in [9.17, 15) is 0 Å². The quantitative estimate of drug-likeness (QED) is 0.242. The Labute approximate surface area is 202 Å². The summed E-state index contributed by atoms with van der Waals surface area (Å²) in [5.41, 5.74) is 5.20. The highest BCUT2D eigenvalue weighted by atomic mass is 127. The Morgan fingerprint density at radius 2 is 1.87 bits per heavy atom. The Morgan fingerprint density at radius 3 is 2.61 bits per heavy atom. The van der Waals surface area contributed by atoms with Crippen molar-refractivity contribution < 1.29 is 0 Å². The van der Waals surface area contributed by atoms with Crippen LogP contribution < -0.4 is 15.5 Å². The molecule has 1 aliphatic rings. The molecule has 2 heterocycles. The van der Waals surface area contributed by atoms with Crippen LogP contribution in [0.15, 0.2) is 59.7 Å². The number of piperidine rings is 1. The molecule has 0 unspecified atom stereocenters. The summed E-state index contributed by atoms with van der Waals surface area (Å²) in [6.45, 7) is 8.08. The molecule has 1 aliphatic heterocycles. The topological polar surface area (TPSA) is 55.5 Å². The van der Waals surface area contributed by atoms with Crippen molar-refractivity contribution in [3.05, 3.63) is 65.9 Å². The molecule has 0 radical (unpaired) electrons. The van der Waals surface area contributed by atoms with E-state index in [4.69, 9.17) is 4.99 Å². The third kappa shape index (κ3) is 5.93. The molecule has 0 aliphatic carbocycles. The molecule has 3 aromatic rings. The number of aromatic nitrogens is 1. The van der Waals surface area contributed by atoms with Gasteiger partial charge >= 0.3 is 0 Å².